The highest BCUT2D eigenvalue weighted by Crippen LogP contribution is 2.58. The Kier molecular flexibility index (Phi) is 9.42. The molecular formula is C66H47N3. The van der Waals surface area contributed by atoms with Crippen molar-refractivity contribution in [2.45, 2.75) is 24.7 Å². The number of aromatic nitrogens is 2. The number of rotatable bonds is 8. The van der Waals surface area contributed by atoms with Crippen molar-refractivity contribution in [1.82, 2.24) is 9.97 Å². The second-order valence-corrected chi connectivity index (χ2v) is 18.9. The van der Waals surface area contributed by atoms with Crippen molar-refractivity contribution in [2.24, 2.45) is 0 Å². The van der Waals surface area contributed by atoms with Gasteiger partial charge >= 0.3 is 0 Å². The largest absolute Gasteiger partial charge is 0.310 e. The summed E-state index contributed by atoms with van der Waals surface area (Å²) < 4.78 is 0. The van der Waals surface area contributed by atoms with Crippen LogP contribution in [0.2, 0.25) is 0 Å². The Balaban J connectivity index is 0.944. The summed E-state index contributed by atoms with van der Waals surface area (Å²) >= 11 is 0. The maximum atomic E-state index is 5.20. The molecule has 0 bridgehead atoms. The minimum absolute atomic E-state index is 0.149. The van der Waals surface area contributed by atoms with Crippen LogP contribution in [-0.2, 0) is 10.8 Å². The smallest absolute Gasteiger partial charge is 0.160 e. The molecule has 0 fully saturated rings. The number of fused-ring (bicyclic) bond motifs is 7. The van der Waals surface area contributed by atoms with Crippen LogP contribution in [-0.4, -0.2) is 9.97 Å². The van der Waals surface area contributed by atoms with E-state index in [2.05, 4.69) is 255 Å². The first kappa shape index (κ1) is 40.6. The van der Waals surface area contributed by atoms with Crippen molar-refractivity contribution in [2.75, 3.05) is 4.90 Å². The van der Waals surface area contributed by atoms with Crippen LogP contribution in [0.4, 0.5) is 17.1 Å². The summed E-state index contributed by atoms with van der Waals surface area (Å²) in [7, 11) is 0. The highest BCUT2D eigenvalue weighted by Gasteiger charge is 2.46. The molecule has 0 saturated carbocycles. The third-order valence-corrected chi connectivity index (χ3v) is 14.8. The summed E-state index contributed by atoms with van der Waals surface area (Å²) in [6.45, 7) is 4.70. The van der Waals surface area contributed by atoms with Crippen LogP contribution in [0.1, 0.15) is 47.2 Å². The molecule has 0 aliphatic heterocycles. The molecule has 11 aromatic rings. The van der Waals surface area contributed by atoms with Gasteiger partial charge in [0.05, 0.1) is 16.6 Å². The molecule has 0 spiro atoms. The third kappa shape index (κ3) is 6.35. The fraction of sp³-hybridized carbons (Fsp3) is 0.0606. The first-order chi connectivity index (χ1) is 34.0. The molecule has 69 heavy (non-hydrogen) atoms. The molecule has 3 heteroatoms. The van der Waals surface area contributed by atoms with Gasteiger partial charge in [0.1, 0.15) is 0 Å². The van der Waals surface area contributed by atoms with Crippen molar-refractivity contribution in [3.05, 3.63) is 282 Å². The minimum atomic E-state index is -0.463. The minimum Gasteiger partial charge on any atom is -0.310 e. The summed E-state index contributed by atoms with van der Waals surface area (Å²) in [5.74, 6) is 0.701. The lowest BCUT2D eigenvalue weighted by Gasteiger charge is -2.34. The van der Waals surface area contributed by atoms with Gasteiger partial charge in [-0.25, -0.2) is 9.97 Å². The highest BCUT2D eigenvalue weighted by molar-refractivity contribution is 5.97. The highest BCUT2D eigenvalue weighted by atomic mass is 15.1. The van der Waals surface area contributed by atoms with Gasteiger partial charge in [0.2, 0.25) is 0 Å². The van der Waals surface area contributed by atoms with Crippen molar-refractivity contribution >= 4 is 28.0 Å². The zero-order valence-corrected chi connectivity index (χ0v) is 38.5. The van der Waals surface area contributed by atoms with Crippen LogP contribution in [0.25, 0.3) is 66.9 Å². The van der Waals surface area contributed by atoms with E-state index < -0.39 is 5.41 Å². The monoisotopic (exact) mass is 881 g/mol. The summed E-state index contributed by atoms with van der Waals surface area (Å²) in [6.07, 6.45) is 0. The van der Waals surface area contributed by atoms with E-state index in [1.807, 2.05) is 12.1 Å². The molecule has 13 rings (SSSR count). The SMILES string of the molecule is CC1(C)c2ccccc2-c2ccc(N(c3ccc(-c4nc(-c5ccccc5)c5ccccc5n4)cc3)c3ccc(-c4cccc5c4-c4ccccc4C5(c4ccccc4)c4ccccc4)cc3)cc21. The molecule has 2 aliphatic carbocycles. The summed E-state index contributed by atoms with van der Waals surface area (Å²) in [4.78, 5) is 12.7. The molecule has 0 unspecified atom stereocenters. The summed E-state index contributed by atoms with van der Waals surface area (Å²) in [5.41, 5.74) is 21.9. The van der Waals surface area contributed by atoms with Gasteiger partial charge in [0, 0.05) is 39.0 Å². The first-order valence-corrected chi connectivity index (χ1v) is 23.9. The summed E-state index contributed by atoms with van der Waals surface area (Å²) in [6, 6.07) is 90.5. The molecule has 0 amide bonds. The van der Waals surface area contributed by atoms with E-state index >= 15 is 0 Å². The lowest BCUT2D eigenvalue weighted by molar-refractivity contribution is 0.660. The Morgan fingerprint density at radius 2 is 0.870 bits per heavy atom. The number of nitrogens with zero attached hydrogens (tertiary/aromatic N) is 3. The average molecular weight is 882 g/mol. The maximum Gasteiger partial charge on any atom is 0.160 e. The van der Waals surface area contributed by atoms with Crippen molar-refractivity contribution in [3.8, 4) is 56.0 Å². The number of hydrogen-bond acceptors (Lipinski definition) is 3. The topological polar surface area (TPSA) is 29.0 Å². The summed E-state index contributed by atoms with van der Waals surface area (Å²) in [5, 5.41) is 1.04. The zero-order chi connectivity index (χ0) is 46.1. The predicted octanol–water partition coefficient (Wildman–Crippen LogP) is 16.8. The van der Waals surface area contributed by atoms with E-state index in [0.29, 0.717) is 5.82 Å². The Morgan fingerprint density at radius 3 is 1.57 bits per heavy atom. The van der Waals surface area contributed by atoms with Crippen LogP contribution < -0.4 is 4.90 Å². The van der Waals surface area contributed by atoms with Crippen molar-refractivity contribution < 1.29 is 0 Å². The number of para-hydroxylation sites is 1. The maximum absolute atomic E-state index is 5.20. The van der Waals surface area contributed by atoms with Gasteiger partial charge in [-0.3, -0.25) is 0 Å². The quantitative estimate of drug-likeness (QED) is 0.152. The van der Waals surface area contributed by atoms with E-state index in [-0.39, 0.29) is 5.41 Å². The number of benzene rings is 10. The molecule has 1 aromatic heterocycles. The van der Waals surface area contributed by atoms with Gasteiger partial charge in [-0.2, -0.15) is 0 Å². The van der Waals surface area contributed by atoms with Gasteiger partial charge in [-0.15, -0.1) is 0 Å². The van der Waals surface area contributed by atoms with Crippen LogP contribution in [0, 0.1) is 0 Å². The molecule has 0 N–H and O–H groups in total. The van der Waals surface area contributed by atoms with E-state index in [4.69, 9.17) is 9.97 Å². The van der Waals surface area contributed by atoms with Gasteiger partial charge < -0.3 is 4.90 Å². The second kappa shape index (κ2) is 16.0. The standard InChI is InChI=1S/C66H47N3/c1-65(2)57-29-15-12-25-53(57)54-42-41-51(43-60(54)65)69(50-39-35-46(36-40-50)64-67-61-32-17-14-27-56(61)63(68-64)45-19-6-3-7-20-45)49-37-33-44(34-38-49)52-28-18-31-59-62(52)55-26-13-16-30-58(55)66(59,47-21-8-4-9-22-47)48-23-10-5-11-24-48/h3-43H,1-2H3. The third-order valence-electron chi connectivity index (χ3n) is 14.8. The van der Waals surface area contributed by atoms with Crippen molar-refractivity contribution in [3.63, 3.8) is 0 Å². The molecule has 326 valence electrons. The first-order valence-electron chi connectivity index (χ1n) is 23.9. The lowest BCUT2D eigenvalue weighted by Crippen LogP contribution is -2.28. The number of anilines is 3. The molecule has 2 aliphatic rings. The van der Waals surface area contributed by atoms with Crippen LogP contribution in [0.3, 0.4) is 0 Å². The molecule has 1 heterocycles. The Hall–Kier alpha value is -8.66. The molecule has 10 aromatic carbocycles. The molecular weight excluding hydrogens is 835 g/mol. The molecule has 0 radical (unpaired) electrons. The Bertz CT molecular complexity index is 3690. The van der Waals surface area contributed by atoms with E-state index in [0.717, 1.165) is 44.8 Å². The average Bonchev–Trinajstić information content (AvgIpc) is 3.85. The van der Waals surface area contributed by atoms with Gasteiger partial charge in [0.15, 0.2) is 5.82 Å². The molecule has 3 nitrogen and oxygen atoms in total. The predicted molar refractivity (Wildman–Crippen MR) is 285 cm³/mol. The molecule has 0 atom stereocenters. The fourth-order valence-corrected chi connectivity index (χ4v) is 11.6. The molecule has 0 saturated heterocycles. The van der Waals surface area contributed by atoms with Crippen LogP contribution in [0.15, 0.2) is 249 Å². The Morgan fingerprint density at radius 1 is 0.348 bits per heavy atom. The van der Waals surface area contributed by atoms with E-state index in [1.54, 1.807) is 0 Å². The fourth-order valence-electron chi connectivity index (χ4n) is 11.6. The van der Waals surface area contributed by atoms with Crippen LogP contribution >= 0.6 is 0 Å². The van der Waals surface area contributed by atoms with E-state index in [9.17, 15) is 0 Å². The zero-order valence-electron chi connectivity index (χ0n) is 38.5. The van der Waals surface area contributed by atoms with E-state index in [1.165, 1.54) is 66.8 Å². The number of hydrogen-bond donors (Lipinski definition) is 0. The Labute approximate surface area is 403 Å². The van der Waals surface area contributed by atoms with Gasteiger partial charge in [-0.05, 0) is 121 Å². The second-order valence-electron chi connectivity index (χ2n) is 18.9. The van der Waals surface area contributed by atoms with Crippen LogP contribution in [0.5, 0.6) is 0 Å². The van der Waals surface area contributed by atoms with Gasteiger partial charge in [-0.1, -0.05) is 208 Å². The normalized spacial score (nSPS) is 13.6. The van der Waals surface area contributed by atoms with Gasteiger partial charge in [0.25, 0.3) is 0 Å². The van der Waals surface area contributed by atoms with Crippen molar-refractivity contribution in [1.29, 1.82) is 0 Å². The lowest BCUT2D eigenvalue weighted by atomic mass is 9.67.